The van der Waals surface area contributed by atoms with E-state index in [0.29, 0.717) is 0 Å². The molecule has 3 aromatic rings. The van der Waals surface area contributed by atoms with E-state index in [4.69, 9.17) is 0 Å². The van der Waals surface area contributed by atoms with Crippen molar-refractivity contribution in [1.82, 2.24) is 9.97 Å². The predicted octanol–water partition coefficient (Wildman–Crippen LogP) is 3.86. The maximum absolute atomic E-state index is 4.49. The first-order valence-corrected chi connectivity index (χ1v) is 6.75. The molecule has 3 nitrogen and oxygen atoms in total. The van der Waals surface area contributed by atoms with Crippen LogP contribution >= 0.6 is 0 Å². The van der Waals surface area contributed by atoms with E-state index in [1.165, 1.54) is 16.3 Å². The summed E-state index contributed by atoms with van der Waals surface area (Å²) in [6.07, 6.45) is 1.79. The molecule has 0 aliphatic carbocycles. The molecule has 0 spiro atoms. The van der Waals surface area contributed by atoms with Crippen molar-refractivity contribution in [2.24, 2.45) is 0 Å². The molecule has 0 atom stereocenters. The van der Waals surface area contributed by atoms with Gasteiger partial charge in [-0.3, -0.25) is 4.98 Å². The molecule has 2 aromatic carbocycles. The van der Waals surface area contributed by atoms with Crippen molar-refractivity contribution in [2.75, 3.05) is 5.32 Å². The summed E-state index contributed by atoms with van der Waals surface area (Å²) < 4.78 is 0. The van der Waals surface area contributed by atoms with Gasteiger partial charge in [-0.25, -0.2) is 4.98 Å². The van der Waals surface area contributed by atoms with E-state index in [0.717, 1.165) is 23.8 Å². The Bertz CT molecular complexity index is 745. The van der Waals surface area contributed by atoms with Crippen LogP contribution in [0.25, 0.3) is 10.8 Å². The normalized spacial score (nSPS) is 10.7. The highest BCUT2D eigenvalue weighted by atomic mass is 15.0. The minimum atomic E-state index is 0.750. The first-order chi connectivity index (χ1) is 9.74. The van der Waals surface area contributed by atoms with Gasteiger partial charge in [-0.05, 0) is 30.2 Å². The van der Waals surface area contributed by atoms with Crippen LogP contribution in [0.5, 0.6) is 0 Å². The van der Waals surface area contributed by atoms with E-state index < -0.39 is 0 Å². The Hall–Kier alpha value is -2.42. The van der Waals surface area contributed by atoms with Crippen LogP contribution in [0.3, 0.4) is 0 Å². The molecule has 1 aromatic heterocycles. The van der Waals surface area contributed by atoms with Gasteiger partial charge in [0, 0.05) is 12.7 Å². The second-order valence-corrected chi connectivity index (χ2v) is 4.94. The van der Waals surface area contributed by atoms with Gasteiger partial charge in [0.1, 0.15) is 5.82 Å². The lowest BCUT2D eigenvalue weighted by molar-refractivity contribution is 1.02. The van der Waals surface area contributed by atoms with Crippen LogP contribution in [0.1, 0.15) is 17.0 Å². The molecular formula is C17H17N3. The third kappa shape index (κ3) is 2.48. The van der Waals surface area contributed by atoms with Gasteiger partial charge in [0.25, 0.3) is 0 Å². The Labute approximate surface area is 118 Å². The van der Waals surface area contributed by atoms with Gasteiger partial charge >= 0.3 is 0 Å². The van der Waals surface area contributed by atoms with E-state index in [-0.39, 0.29) is 0 Å². The van der Waals surface area contributed by atoms with Crippen molar-refractivity contribution in [1.29, 1.82) is 0 Å². The van der Waals surface area contributed by atoms with Crippen molar-refractivity contribution in [3.8, 4) is 0 Å². The average Bonchev–Trinajstić information content (AvgIpc) is 2.48. The lowest BCUT2D eigenvalue weighted by atomic mass is 10.0. The highest BCUT2D eigenvalue weighted by molar-refractivity contribution is 5.85. The number of anilines is 1. The molecule has 0 saturated carbocycles. The zero-order chi connectivity index (χ0) is 13.9. The third-order valence-electron chi connectivity index (χ3n) is 3.40. The number of hydrogen-bond donors (Lipinski definition) is 1. The second-order valence-electron chi connectivity index (χ2n) is 4.94. The standard InChI is InChI=1S/C17H17N3/c1-12-10-18-13(2)17(20-12)19-11-15-8-5-7-14-6-3-4-9-16(14)15/h3-10H,11H2,1-2H3,(H,19,20). The smallest absolute Gasteiger partial charge is 0.148 e. The molecule has 0 amide bonds. The number of nitrogens with one attached hydrogen (secondary N) is 1. The Morgan fingerprint density at radius 2 is 1.80 bits per heavy atom. The first kappa shape index (κ1) is 12.6. The van der Waals surface area contributed by atoms with Gasteiger partial charge in [0.05, 0.1) is 11.4 Å². The molecular weight excluding hydrogens is 246 g/mol. The van der Waals surface area contributed by atoms with Crippen molar-refractivity contribution >= 4 is 16.6 Å². The van der Waals surface area contributed by atoms with Crippen molar-refractivity contribution < 1.29 is 0 Å². The summed E-state index contributed by atoms with van der Waals surface area (Å²) in [6, 6.07) is 14.8. The number of fused-ring (bicyclic) bond motifs is 1. The largest absolute Gasteiger partial charge is 0.364 e. The molecule has 0 fully saturated rings. The fourth-order valence-corrected chi connectivity index (χ4v) is 2.33. The summed E-state index contributed by atoms with van der Waals surface area (Å²) in [5.41, 5.74) is 3.12. The summed E-state index contributed by atoms with van der Waals surface area (Å²) in [5.74, 6) is 0.859. The molecule has 0 radical (unpaired) electrons. The molecule has 0 saturated heterocycles. The van der Waals surface area contributed by atoms with Crippen LogP contribution in [0.4, 0.5) is 5.82 Å². The minimum Gasteiger partial charge on any atom is -0.364 e. The van der Waals surface area contributed by atoms with Crippen LogP contribution in [0.15, 0.2) is 48.7 Å². The molecule has 100 valence electrons. The highest BCUT2D eigenvalue weighted by Crippen LogP contribution is 2.19. The van der Waals surface area contributed by atoms with Crippen molar-refractivity contribution in [2.45, 2.75) is 20.4 Å². The minimum absolute atomic E-state index is 0.750. The first-order valence-electron chi connectivity index (χ1n) is 6.75. The van der Waals surface area contributed by atoms with Crippen LogP contribution in [-0.4, -0.2) is 9.97 Å². The Kier molecular flexibility index (Phi) is 3.33. The van der Waals surface area contributed by atoms with E-state index in [1.54, 1.807) is 6.20 Å². The highest BCUT2D eigenvalue weighted by Gasteiger charge is 2.04. The molecule has 1 heterocycles. The average molecular weight is 263 g/mol. The predicted molar refractivity (Wildman–Crippen MR) is 82.8 cm³/mol. The molecule has 20 heavy (non-hydrogen) atoms. The maximum atomic E-state index is 4.49. The zero-order valence-electron chi connectivity index (χ0n) is 11.7. The van der Waals surface area contributed by atoms with Crippen LogP contribution in [-0.2, 0) is 6.54 Å². The number of aromatic nitrogens is 2. The van der Waals surface area contributed by atoms with Gasteiger partial charge in [-0.2, -0.15) is 0 Å². The summed E-state index contributed by atoms with van der Waals surface area (Å²) in [5, 5.41) is 5.93. The van der Waals surface area contributed by atoms with Gasteiger partial charge in [-0.1, -0.05) is 42.5 Å². The molecule has 3 rings (SSSR count). The fraction of sp³-hybridized carbons (Fsp3) is 0.176. The number of benzene rings is 2. The van der Waals surface area contributed by atoms with Crippen molar-refractivity contribution in [3.05, 3.63) is 65.6 Å². The quantitative estimate of drug-likeness (QED) is 0.779. The SMILES string of the molecule is Cc1cnc(C)c(NCc2cccc3ccccc23)n1. The third-order valence-corrected chi connectivity index (χ3v) is 3.40. The summed E-state index contributed by atoms with van der Waals surface area (Å²) >= 11 is 0. The number of nitrogens with zero attached hydrogens (tertiary/aromatic N) is 2. The van der Waals surface area contributed by atoms with E-state index in [9.17, 15) is 0 Å². The van der Waals surface area contributed by atoms with Gasteiger partial charge in [-0.15, -0.1) is 0 Å². The zero-order valence-corrected chi connectivity index (χ0v) is 11.7. The van der Waals surface area contributed by atoms with Crippen molar-refractivity contribution in [3.63, 3.8) is 0 Å². The molecule has 3 heteroatoms. The summed E-state index contributed by atoms with van der Waals surface area (Å²) in [6.45, 7) is 4.67. The van der Waals surface area contributed by atoms with Gasteiger partial charge in [0.2, 0.25) is 0 Å². The van der Waals surface area contributed by atoms with Gasteiger partial charge in [0.15, 0.2) is 0 Å². The topological polar surface area (TPSA) is 37.8 Å². The van der Waals surface area contributed by atoms with Crippen LogP contribution < -0.4 is 5.32 Å². The molecule has 1 N–H and O–H groups in total. The number of hydrogen-bond acceptors (Lipinski definition) is 3. The maximum Gasteiger partial charge on any atom is 0.148 e. The lowest BCUT2D eigenvalue weighted by Crippen LogP contribution is -2.05. The van der Waals surface area contributed by atoms with E-state index >= 15 is 0 Å². The van der Waals surface area contributed by atoms with Crippen LogP contribution in [0.2, 0.25) is 0 Å². The fourth-order valence-electron chi connectivity index (χ4n) is 2.33. The Balaban J connectivity index is 1.89. The molecule has 0 aliphatic heterocycles. The van der Waals surface area contributed by atoms with E-state index in [1.807, 2.05) is 13.8 Å². The van der Waals surface area contributed by atoms with Crippen LogP contribution in [0, 0.1) is 13.8 Å². The van der Waals surface area contributed by atoms with E-state index in [2.05, 4.69) is 57.7 Å². The molecule has 0 bridgehead atoms. The Morgan fingerprint density at radius 1 is 1.00 bits per heavy atom. The van der Waals surface area contributed by atoms with Gasteiger partial charge < -0.3 is 5.32 Å². The number of rotatable bonds is 3. The monoisotopic (exact) mass is 263 g/mol. The molecule has 0 unspecified atom stereocenters. The molecule has 0 aliphatic rings. The number of aryl methyl sites for hydroxylation is 2. The Morgan fingerprint density at radius 3 is 2.70 bits per heavy atom. The summed E-state index contributed by atoms with van der Waals surface area (Å²) in [7, 11) is 0. The summed E-state index contributed by atoms with van der Waals surface area (Å²) in [4.78, 5) is 8.82. The second kappa shape index (κ2) is 5.29. The lowest BCUT2D eigenvalue weighted by Gasteiger charge is -2.10.